The highest BCUT2D eigenvalue weighted by atomic mass is 32.2. The molecule has 0 aromatic heterocycles. The lowest BCUT2D eigenvalue weighted by molar-refractivity contribution is -0.130. The second-order valence-corrected chi connectivity index (χ2v) is 9.39. The minimum Gasteiger partial charge on any atom is -0.371 e. The van der Waals surface area contributed by atoms with Gasteiger partial charge in [-0.3, -0.25) is 4.79 Å². The van der Waals surface area contributed by atoms with Crippen molar-refractivity contribution >= 4 is 27.5 Å². The Labute approximate surface area is 177 Å². The molecule has 0 unspecified atom stereocenters. The molecule has 0 atom stereocenters. The largest absolute Gasteiger partial charge is 0.371 e. The summed E-state index contributed by atoms with van der Waals surface area (Å²) in [4.78, 5) is 18.7. The Morgan fingerprint density at radius 2 is 1.70 bits per heavy atom. The summed E-state index contributed by atoms with van der Waals surface area (Å²) in [6.07, 6.45) is 2.39. The highest BCUT2D eigenvalue weighted by Gasteiger charge is 2.31. The van der Waals surface area contributed by atoms with Crippen molar-refractivity contribution in [2.75, 3.05) is 38.6 Å². The van der Waals surface area contributed by atoms with Gasteiger partial charge in [-0.1, -0.05) is 30.3 Å². The molecule has 4 rings (SSSR count). The van der Waals surface area contributed by atoms with Crippen LogP contribution in [0.15, 0.2) is 57.8 Å². The van der Waals surface area contributed by atoms with Gasteiger partial charge in [0.2, 0.25) is 5.91 Å². The molecule has 2 aromatic carbocycles. The van der Waals surface area contributed by atoms with Crippen molar-refractivity contribution in [3.05, 3.63) is 59.7 Å². The van der Waals surface area contributed by atoms with Crippen LogP contribution < -0.4 is 4.90 Å². The van der Waals surface area contributed by atoms with E-state index in [1.807, 2.05) is 12.1 Å². The minimum absolute atomic E-state index is 0.0467. The van der Waals surface area contributed by atoms with Crippen LogP contribution in [0.1, 0.15) is 24.0 Å². The highest BCUT2D eigenvalue weighted by molar-refractivity contribution is 7.90. The van der Waals surface area contributed by atoms with Crippen molar-refractivity contribution < 1.29 is 13.2 Å². The molecule has 30 heavy (non-hydrogen) atoms. The molecule has 8 heteroatoms. The highest BCUT2D eigenvalue weighted by Crippen LogP contribution is 2.27. The number of hydrogen-bond donors (Lipinski definition) is 0. The van der Waals surface area contributed by atoms with Crippen molar-refractivity contribution in [1.82, 2.24) is 9.80 Å². The van der Waals surface area contributed by atoms with E-state index >= 15 is 0 Å². The minimum atomic E-state index is -3.70. The van der Waals surface area contributed by atoms with Crippen LogP contribution in [0.5, 0.6) is 0 Å². The number of rotatable bonds is 5. The molecule has 0 spiro atoms. The first-order chi connectivity index (χ1) is 14.4. The van der Waals surface area contributed by atoms with Gasteiger partial charge in [-0.15, -0.1) is 4.40 Å². The maximum Gasteiger partial charge on any atom is 0.285 e. The summed E-state index contributed by atoms with van der Waals surface area (Å²) in [5.41, 5.74) is 2.84. The molecule has 2 aliphatic heterocycles. The van der Waals surface area contributed by atoms with Gasteiger partial charge in [-0.2, -0.15) is 8.42 Å². The molecule has 1 fully saturated rings. The molecule has 0 radical (unpaired) electrons. The SMILES string of the molecule is CN(Cc1ccccc1N1CCCC1)C(=O)CN(C)C1=NS(=O)(=O)c2ccccc21. The van der Waals surface area contributed by atoms with Gasteiger partial charge in [0.25, 0.3) is 10.0 Å². The monoisotopic (exact) mass is 426 g/mol. The molecule has 0 bridgehead atoms. The number of carbonyl (C=O) groups is 1. The molecule has 7 nitrogen and oxygen atoms in total. The number of carbonyl (C=O) groups excluding carboxylic acids is 1. The molecule has 2 aliphatic rings. The van der Waals surface area contributed by atoms with Crippen molar-refractivity contribution in [1.29, 1.82) is 0 Å². The predicted octanol–water partition coefficient (Wildman–Crippen LogP) is 2.33. The van der Waals surface area contributed by atoms with E-state index in [0.717, 1.165) is 18.7 Å². The summed E-state index contributed by atoms with van der Waals surface area (Å²) >= 11 is 0. The summed E-state index contributed by atoms with van der Waals surface area (Å²) in [6.45, 7) is 2.64. The summed E-state index contributed by atoms with van der Waals surface area (Å²) in [5.74, 6) is 0.211. The Morgan fingerprint density at radius 3 is 2.47 bits per heavy atom. The Hall–Kier alpha value is -2.87. The first-order valence-corrected chi connectivity index (χ1v) is 11.5. The lowest BCUT2D eigenvalue weighted by Crippen LogP contribution is -2.39. The Kier molecular flexibility index (Phi) is 5.51. The molecule has 2 aromatic rings. The first-order valence-electron chi connectivity index (χ1n) is 10.1. The lowest BCUT2D eigenvalue weighted by atomic mass is 10.1. The molecule has 1 amide bonds. The standard InChI is InChI=1S/C22H26N4O3S/c1-24(15-17-9-3-5-11-19(17)26-13-7-8-14-26)21(27)16-25(2)22-18-10-4-6-12-20(18)30(28,29)23-22/h3-6,9-12H,7-8,13-16H2,1-2H3. The maximum absolute atomic E-state index is 12.9. The fraction of sp³-hybridized carbons (Fsp3) is 0.364. The van der Waals surface area contributed by atoms with Crippen molar-refractivity contribution in [3.8, 4) is 0 Å². The van der Waals surface area contributed by atoms with Gasteiger partial charge in [0.15, 0.2) is 5.84 Å². The molecule has 0 N–H and O–H groups in total. The number of likely N-dealkylation sites (N-methyl/N-ethyl adjacent to an activating group) is 2. The van der Waals surface area contributed by atoms with E-state index in [-0.39, 0.29) is 17.3 Å². The van der Waals surface area contributed by atoms with Crippen molar-refractivity contribution in [3.63, 3.8) is 0 Å². The van der Waals surface area contributed by atoms with Gasteiger partial charge in [-0.25, -0.2) is 0 Å². The quantitative estimate of drug-likeness (QED) is 0.734. The lowest BCUT2D eigenvalue weighted by Gasteiger charge is -2.26. The molecule has 0 saturated carbocycles. The topological polar surface area (TPSA) is 73.3 Å². The molecule has 0 aliphatic carbocycles. The maximum atomic E-state index is 12.9. The van der Waals surface area contributed by atoms with Crippen LogP contribution in [-0.2, 0) is 21.4 Å². The van der Waals surface area contributed by atoms with E-state index in [2.05, 4.69) is 21.4 Å². The average Bonchev–Trinajstić information content (AvgIpc) is 3.35. The summed E-state index contributed by atoms with van der Waals surface area (Å²) in [7, 11) is -0.233. The normalized spacial score (nSPS) is 16.9. The number of fused-ring (bicyclic) bond motifs is 1. The summed E-state index contributed by atoms with van der Waals surface area (Å²) in [5, 5.41) is 0. The summed E-state index contributed by atoms with van der Waals surface area (Å²) in [6, 6.07) is 14.9. The zero-order chi connectivity index (χ0) is 21.3. The second kappa shape index (κ2) is 8.10. The van der Waals surface area contributed by atoms with Gasteiger partial charge in [-0.05, 0) is 36.6 Å². The smallest absolute Gasteiger partial charge is 0.285 e. The number of amidine groups is 1. The van der Waals surface area contributed by atoms with E-state index in [4.69, 9.17) is 0 Å². The molecular formula is C22H26N4O3S. The average molecular weight is 427 g/mol. The van der Waals surface area contributed by atoms with E-state index in [0.29, 0.717) is 17.9 Å². The van der Waals surface area contributed by atoms with Crippen LogP contribution in [0.25, 0.3) is 0 Å². The third-order valence-corrected chi connectivity index (χ3v) is 6.94. The third-order valence-electron chi connectivity index (χ3n) is 5.62. The zero-order valence-electron chi connectivity index (χ0n) is 17.3. The number of sulfonamides is 1. The van der Waals surface area contributed by atoms with Gasteiger partial charge in [0.1, 0.15) is 4.90 Å². The number of para-hydroxylation sites is 1. The van der Waals surface area contributed by atoms with Crippen LogP contribution in [0.3, 0.4) is 0 Å². The van der Waals surface area contributed by atoms with E-state index < -0.39 is 10.0 Å². The zero-order valence-corrected chi connectivity index (χ0v) is 18.1. The Morgan fingerprint density at radius 1 is 1.03 bits per heavy atom. The molecular weight excluding hydrogens is 400 g/mol. The van der Waals surface area contributed by atoms with Gasteiger partial charge < -0.3 is 14.7 Å². The van der Waals surface area contributed by atoms with Gasteiger partial charge in [0, 0.05) is 45.0 Å². The number of nitrogens with zero attached hydrogens (tertiary/aromatic N) is 4. The second-order valence-electron chi connectivity index (χ2n) is 7.81. The van der Waals surface area contributed by atoms with Crippen LogP contribution >= 0.6 is 0 Å². The molecule has 2 heterocycles. The van der Waals surface area contributed by atoms with Gasteiger partial charge >= 0.3 is 0 Å². The number of benzene rings is 2. The summed E-state index contributed by atoms with van der Waals surface area (Å²) < 4.78 is 28.4. The van der Waals surface area contributed by atoms with E-state index in [1.54, 1.807) is 42.1 Å². The first kappa shape index (κ1) is 20.4. The van der Waals surface area contributed by atoms with Crippen LogP contribution in [0.4, 0.5) is 5.69 Å². The van der Waals surface area contributed by atoms with E-state index in [9.17, 15) is 13.2 Å². The Bertz CT molecular complexity index is 1090. The van der Waals surface area contributed by atoms with E-state index in [1.165, 1.54) is 24.6 Å². The molecule has 1 saturated heterocycles. The van der Waals surface area contributed by atoms with Crippen LogP contribution in [0, 0.1) is 0 Å². The fourth-order valence-electron chi connectivity index (χ4n) is 4.02. The van der Waals surface area contributed by atoms with Crippen LogP contribution in [-0.4, -0.2) is 63.7 Å². The molecule has 158 valence electrons. The van der Waals surface area contributed by atoms with Crippen molar-refractivity contribution in [2.24, 2.45) is 4.40 Å². The van der Waals surface area contributed by atoms with Gasteiger partial charge in [0.05, 0.1) is 6.54 Å². The fourth-order valence-corrected chi connectivity index (χ4v) is 5.27. The predicted molar refractivity (Wildman–Crippen MR) is 117 cm³/mol. The van der Waals surface area contributed by atoms with Crippen LogP contribution in [0.2, 0.25) is 0 Å². The number of hydrogen-bond acceptors (Lipinski definition) is 5. The Balaban J connectivity index is 1.46. The number of amides is 1. The van der Waals surface area contributed by atoms with Crippen molar-refractivity contribution in [2.45, 2.75) is 24.3 Å². The third kappa shape index (κ3) is 3.92. The number of anilines is 1.